The van der Waals surface area contributed by atoms with E-state index >= 15 is 0 Å². The van der Waals surface area contributed by atoms with Crippen LogP contribution < -0.4 is 0 Å². The highest BCUT2D eigenvalue weighted by Gasteiger charge is 2.66. The number of nitrogens with zero attached hydrogens (tertiary/aromatic N) is 6. The minimum atomic E-state index is -1.40. The number of aliphatic hydroxyl groups excluding tert-OH is 1. The van der Waals surface area contributed by atoms with Crippen molar-refractivity contribution in [1.82, 2.24) is 0 Å². The second-order valence-electron chi connectivity index (χ2n) is 40.8. The Kier molecular flexibility index (Phi) is 34.9. The van der Waals surface area contributed by atoms with E-state index in [4.69, 9.17) is 133 Å². The third kappa shape index (κ3) is 24.8. The summed E-state index contributed by atoms with van der Waals surface area (Å²) in [5, 5.41) is 19.7. The number of hydrogen-bond donors (Lipinski definition) is 1. The SMILES string of the molecule is CC1C(O[C@@H]2OCC3(COCc4ccccc4)O[C@@H](c4ccccc4)O[C@H]23)[C@H](OCc2ccccc2)CO[C@H]1O[C@H]1C(C)O[C@@H](OC2C(C)[C@@H](N=[N+]=[N-])C(COCc3ccccc3)O[C@H]2C)C2OC(C)(C)OC21.CC1C(O[C@@H]2OCC3(COCc4ccccc4)O[C@@H](c4ccccc4)O[C@H]23)[C@H](OCc2ccccc2)CO[C@H]1O[C@H]1C(C)O[C@@H](OC2C(C)[C@@H](N=[N+]=[N-])C(COCc3ccccc3)O[C@H]2O)C2OC(C)(C)OC21. The molecule has 0 bridgehead atoms. The maximum Gasteiger partial charge on any atom is 0.187 e. The highest BCUT2D eigenvalue weighted by Crippen LogP contribution is 2.52. The fourth-order valence-corrected chi connectivity index (χ4v) is 21.7. The van der Waals surface area contributed by atoms with Crippen molar-refractivity contribution in [1.29, 1.82) is 0 Å². The van der Waals surface area contributed by atoms with Gasteiger partial charge in [0.15, 0.2) is 68.2 Å². The Hall–Kier alpha value is -8.78. The summed E-state index contributed by atoms with van der Waals surface area (Å²) >= 11 is 0. The van der Waals surface area contributed by atoms with Crippen LogP contribution >= 0.6 is 0 Å². The van der Waals surface area contributed by atoms with Crippen molar-refractivity contribution < 1.29 is 138 Å². The molecule has 8 aromatic rings. The van der Waals surface area contributed by atoms with E-state index in [0.717, 1.165) is 44.5 Å². The topological polar surface area (TPSA) is 376 Å². The van der Waals surface area contributed by atoms with Crippen molar-refractivity contribution in [2.75, 3.05) is 52.9 Å². The molecule has 784 valence electrons. The first kappa shape index (κ1) is 106. The number of fused-ring (bicyclic) bond motifs is 4. The van der Waals surface area contributed by atoms with Gasteiger partial charge in [-0.2, -0.15) is 0 Å². The van der Waals surface area contributed by atoms with Gasteiger partial charge in [-0.1, -0.05) is 281 Å². The third-order valence-corrected chi connectivity index (χ3v) is 29.3. The molecule has 146 heavy (non-hydrogen) atoms. The van der Waals surface area contributed by atoms with Gasteiger partial charge in [0.2, 0.25) is 0 Å². The zero-order valence-electron chi connectivity index (χ0n) is 84.2. The quantitative estimate of drug-likeness (QED) is 0.0213. The first-order valence-electron chi connectivity index (χ1n) is 51.0. The van der Waals surface area contributed by atoms with Crippen molar-refractivity contribution in [3.8, 4) is 0 Å². The lowest BCUT2D eigenvalue weighted by Crippen LogP contribution is -2.62. The Morgan fingerprint density at radius 1 is 0.322 bits per heavy atom. The maximum absolute atomic E-state index is 11.5. The molecular weight excluding hydrogens is 1880 g/mol. The second-order valence-corrected chi connectivity index (χ2v) is 40.8. The molecule has 0 aliphatic carbocycles. The molecule has 8 aromatic carbocycles. The summed E-state index contributed by atoms with van der Waals surface area (Å²) in [7, 11) is 0. The van der Waals surface area contributed by atoms with Gasteiger partial charge in [-0.05, 0) is 105 Å². The average molecular weight is 2020 g/mol. The minimum Gasteiger partial charge on any atom is -0.374 e. The van der Waals surface area contributed by atoms with Crippen LogP contribution in [0.4, 0.5) is 0 Å². The largest absolute Gasteiger partial charge is 0.374 e. The molecule has 12 aliphatic heterocycles. The van der Waals surface area contributed by atoms with Gasteiger partial charge in [0.25, 0.3) is 0 Å². The van der Waals surface area contributed by atoms with E-state index in [-0.39, 0.29) is 58.8 Å². The summed E-state index contributed by atoms with van der Waals surface area (Å²) in [5.41, 5.74) is 25.2. The Labute approximate surface area is 851 Å². The molecule has 0 spiro atoms. The van der Waals surface area contributed by atoms with Crippen LogP contribution in [0.2, 0.25) is 0 Å². The second kappa shape index (κ2) is 48.2. The summed E-state index contributed by atoms with van der Waals surface area (Å²) in [6.07, 6.45) is -20.1. The van der Waals surface area contributed by atoms with Gasteiger partial charge in [0.05, 0.1) is 153 Å². The van der Waals surface area contributed by atoms with Crippen molar-refractivity contribution in [3.05, 3.63) is 308 Å². The van der Waals surface area contributed by atoms with Gasteiger partial charge in [0.1, 0.15) is 78.3 Å². The lowest BCUT2D eigenvalue weighted by Gasteiger charge is -2.48. The van der Waals surface area contributed by atoms with Crippen LogP contribution in [0.25, 0.3) is 20.9 Å². The number of ether oxygens (including phenoxy) is 28. The van der Waals surface area contributed by atoms with Crippen LogP contribution in [-0.4, -0.2) is 253 Å². The summed E-state index contributed by atoms with van der Waals surface area (Å²) in [6, 6.07) is 77.9. The Morgan fingerprint density at radius 2 is 0.637 bits per heavy atom. The molecule has 36 atom stereocenters. The number of rotatable bonds is 38. The predicted octanol–water partition coefficient (Wildman–Crippen LogP) is 16.4. The Balaban J connectivity index is 0.000000184. The van der Waals surface area contributed by atoms with Crippen molar-refractivity contribution in [2.45, 2.75) is 323 Å². The van der Waals surface area contributed by atoms with Crippen LogP contribution in [0.1, 0.15) is 133 Å². The highest BCUT2D eigenvalue weighted by atomic mass is 16.8. The van der Waals surface area contributed by atoms with E-state index in [0.29, 0.717) is 39.6 Å². The van der Waals surface area contributed by atoms with Gasteiger partial charge >= 0.3 is 0 Å². The monoisotopic (exact) mass is 2020 g/mol. The zero-order valence-corrected chi connectivity index (χ0v) is 84.2. The molecule has 18 unspecified atom stereocenters. The van der Waals surface area contributed by atoms with Crippen LogP contribution in [0.5, 0.6) is 0 Å². The van der Waals surface area contributed by atoms with Gasteiger partial charge in [-0.15, -0.1) is 0 Å². The van der Waals surface area contributed by atoms with Gasteiger partial charge < -0.3 is 138 Å². The molecule has 12 fully saturated rings. The average Bonchev–Trinajstić information content (AvgIpc) is 1.57. The number of aliphatic hydroxyl groups is 1. The molecule has 1 N–H and O–H groups in total. The Morgan fingerprint density at radius 3 is 1.01 bits per heavy atom. The highest BCUT2D eigenvalue weighted by molar-refractivity contribution is 5.24. The molecule has 12 heterocycles. The molecular formula is C111H136N6O29. The van der Waals surface area contributed by atoms with E-state index in [9.17, 15) is 16.2 Å². The summed E-state index contributed by atoms with van der Waals surface area (Å²) in [6.45, 7) is 24.5. The van der Waals surface area contributed by atoms with Crippen LogP contribution in [-0.2, 0) is 172 Å². The van der Waals surface area contributed by atoms with Crippen LogP contribution in [0.15, 0.2) is 253 Å². The fourth-order valence-electron chi connectivity index (χ4n) is 21.7. The third-order valence-electron chi connectivity index (χ3n) is 29.3. The molecule has 12 saturated heterocycles. The molecule has 35 nitrogen and oxygen atoms in total. The maximum atomic E-state index is 11.5. The van der Waals surface area contributed by atoms with Crippen LogP contribution in [0.3, 0.4) is 0 Å². The summed E-state index contributed by atoms with van der Waals surface area (Å²) in [4.78, 5) is 6.30. The number of hydrogen-bond acceptors (Lipinski definition) is 31. The minimum absolute atomic E-state index is 0.0854. The molecule has 0 aromatic heterocycles. The first-order valence-corrected chi connectivity index (χ1v) is 51.0. The lowest BCUT2D eigenvalue weighted by molar-refractivity contribution is -0.355. The Bertz CT molecular complexity index is 5150. The standard InChI is InChI=1S/C56H69N3O14.C55H67N3O15/c1-34-44(58-59-57)42(30-60-27-38-19-11-7-12-20-38)65-36(3)45(34)67-53-49-48(71-55(5,6)72-49)47(37(4)66-53)69-51-35(2)46(43(31-63-51)62-29-40-23-15-9-16-24-40)68-54-50-56(33-64-54,32-61-28-39-21-13-8-14-22-39)73-52(70-50)41-25-17-10-18-26-41;1-33-42(57-58-56)40(29-60-26-36-18-10-6-11-19-36)66-49(59)44(33)68-52-47-46(71-54(4,5)72-47)45(35(3)65-52)69-50-34(2)43(41(30-63-50)62-28-38-22-14-8-15-23-38)67-53-48-55(32-64-53,31-61-27-37-20-12-7-13-21-37)73-51(70-48)39-24-16-9-17-25-39/h7-26,34-37,42-54H,27-33H2,1-6H3;6-25,33-35,40-53,59H,26-32H2,1-5H3/t34?,35?,36-,37?,42?,43+,44+,45?,46?,47-,48?,49?,50+,51-,52-,53-,54-,56?;33?,34?,35?,40?,41-,42-,43?,44?,45+,46?,47?,48-,49-,50+,51+,52+,53+,55?/m01/s1. The zero-order chi connectivity index (χ0) is 101. The lowest BCUT2D eigenvalue weighted by atomic mass is 9.86. The molecule has 0 amide bonds. The van der Waals surface area contributed by atoms with Gasteiger partial charge in [-0.25, -0.2) is 0 Å². The van der Waals surface area contributed by atoms with E-state index in [1.54, 1.807) is 0 Å². The molecule has 0 radical (unpaired) electrons. The van der Waals surface area contributed by atoms with Crippen molar-refractivity contribution in [3.63, 3.8) is 0 Å². The predicted molar refractivity (Wildman–Crippen MR) is 522 cm³/mol. The number of benzene rings is 8. The molecule has 20 rings (SSSR count). The van der Waals surface area contributed by atoms with Gasteiger partial charge in [-0.3, -0.25) is 0 Å². The van der Waals surface area contributed by atoms with Crippen LogP contribution in [0, 0.1) is 23.7 Å². The van der Waals surface area contributed by atoms with Gasteiger partial charge in [0, 0.05) is 32.8 Å². The van der Waals surface area contributed by atoms with E-state index < -0.39 is 225 Å². The smallest absolute Gasteiger partial charge is 0.187 e. The summed E-state index contributed by atoms with van der Waals surface area (Å²) < 4.78 is 185. The first-order chi connectivity index (χ1) is 70.9. The fraction of sp³-hybridized carbons (Fsp3) is 0.568. The molecule has 35 heteroatoms. The number of azide groups is 2. The molecule has 0 saturated carbocycles. The summed E-state index contributed by atoms with van der Waals surface area (Å²) in [5.74, 6) is -3.69. The van der Waals surface area contributed by atoms with E-state index in [1.165, 1.54) is 0 Å². The molecule has 12 aliphatic rings. The normalized spacial score (nSPS) is 37.8. The van der Waals surface area contributed by atoms with Crippen molar-refractivity contribution >= 4 is 0 Å². The van der Waals surface area contributed by atoms with Crippen molar-refractivity contribution in [2.24, 2.45) is 33.9 Å². The van der Waals surface area contributed by atoms with E-state index in [1.807, 2.05) is 319 Å². The van der Waals surface area contributed by atoms with E-state index in [2.05, 4.69) is 20.1 Å².